The molecule has 104 valence electrons. The van der Waals surface area contributed by atoms with Gasteiger partial charge in [0.1, 0.15) is 11.4 Å². The van der Waals surface area contributed by atoms with E-state index in [1.165, 1.54) is 0 Å². The molecule has 0 bridgehead atoms. The first-order valence-electron chi connectivity index (χ1n) is 6.81. The van der Waals surface area contributed by atoms with Gasteiger partial charge in [0.15, 0.2) is 0 Å². The van der Waals surface area contributed by atoms with Gasteiger partial charge in [0, 0.05) is 31.8 Å². The summed E-state index contributed by atoms with van der Waals surface area (Å²) in [5, 5.41) is 0. The van der Waals surface area contributed by atoms with E-state index in [4.69, 9.17) is 4.74 Å². The Kier molecular flexibility index (Phi) is 5.17. The molecule has 1 heterocycles. The molecule has 1 aliphatic rings. The maximum Gasteiger partial charge on any atom is 0.410 e. The van der Waals surface area contributed by atoms with Gasteiger partial charge >= 0.3 is 6.09 Å². The topological polar surface area (TPSA) is 46.6 Å². The Bertz CT molecular complexity index is 301. The Morgan fingerprint density at radius 1 is 1.28 bits per heavy atom. The fourth-order valence-corrected chi connectivity index (χ4v) is 1.97. The second-order valence-electron chi connectivity index (χ2n) is 6.10. The van der Waals surface area contributed by atoms with E-state index in [9.17, 15) is 9.59 Å². The van der Waals surface area contributed by atoms with Crippen molar-refractivity contribution in [2.45, 2.75) is 59.0 Å². The van der Waals surface area contributed by atoms with Crippen molar-refractivity contribution in [3.05, 3.63) is 0 Å². The number of hydrogen-bond donors (Lipinski definition) is 0. The van der Waals surface area contributed by atoms with E-state index in [0.717, 1.165) is 12.8 Å². The third kappa shape index (κ3) is 5.07. The standard InChI is InChI=1S/C14H25NO3/c1-5-6-7-12(16)8-11-9-15(10-11)13(17)18-14(2,3)4/h11H,5-10H2,1-4H3. The zero-order chi connectivity index (χ0) is 13.8. The van der Waals surface area contributed by atoms with Crippen molar-refractivity contribution in [1.82, 2.24) is 4.90 Å². The molecule has 1 amide bonds. The van der Waals surface area contributed by atoms with Crippen LogP contribution in [0.25, 0.3) is 0 Å². The molecular formula is C14H25NO3. The summed E-state index contributed by atoms with van der Waals surface area (Å²) < 4.78 is 5.26. The van der Waals surface area contributed by atoms with Crippen molar-refractivity contribution in [2.75, 3.05) is 13.1 Å². The van der Waals surface area contributed by atoms with E-state index >= 15 is 0 Å². The molecule has 0 aromatic carbocycles. The lowest BCUT2D eigenvalue weighted by molar-refractivity contribution is -0.121. The van der Waals surface area contributed by atoms with E-state index < -0.39 is 5.60 Å². The van der Waals surface area contributed by atoms with Gasteiger partial charge in [-0.2, -0.15) is 0 Å². The number of amides is 1. The highest BCUT2D eigenvalue weighted by Gasteiger charge is 2.34. The highest BCUT2D eigenvalue weighted by atomic mass is 16.6. The molecule has 1 saturated heterocycles. The molecule has 1 aliphatic heterocycles. The molecule has 0 aliphatic carbocycles. The first-order chi connectivity index (χ1) is 8.31. The Morgan fingerprint density at radius 2 is 1.89 bits per heavy atom. The van der Waals surface area contributed by atoms with Crippen LogP contribution in [0.1, 0.15) is 53.4 Å². The number of ether oxygens (including phenoxy) is 1. The SMILES string of the molecule is CCCCC(=O)CC1CN(C(=O)OC(C)(C)C)C1. The molecule has 0 saturated carbocycles. The molecule has 0 aromatic rings. The van der Waals surface area contributed by atoms with Crippen molar-refractivity contribution in [3.8, 4) is 0 Å². The average Bonchev–Trinajstić information content (AvgIpc) is 2.16. The van der Waals surface area contributed by atoms with Gasteiger partial charge in [0.05, 0.1) is 0 Å². The number of hydrogen-bond acceptors (Lipinski definition) is 3. The van der Waals surface area contributed by atoms with Crippen LogP contribution in [0.5, 0.6) is 0 Å². The summed E-state index contributed by atoms with van der Waals surface area (Å²) in [5.74, 6) is 0.660. The number of ketones is 1. The minimum absolute atomic E-state index is 0.264. The van der Waals surface area contributed by atoms with Crippen LogP contribution in [0.15, 0.2) is 0 Å². The second-order valence-corrected chi connectivity index (χ2v) is 6.10. The number of rotatable bonds is 5. The van der Waals surface area contributed by atoms with Gasteiger partial charge in [0.2, 0.25) is 0 Å². The van der Waals surface area contributed by atoms with Crippen LogP contribution in [0.4, 0.5) is 4.79 Å². The van der Waals surface area contributed by atoms with Crippen molar-refractivity contribution in [1.29, 1.82) is 0 Å². The molecule has 0 aromatic heterocycles. The van der Waals surface area contributed by atoms with Gasteiger partial charge in [-0.3, -0.25) is 4.79 Å². The summed E-state index contributed by atoms with van der Waals surface area (Å²) in [6.45, 7) is 8.98. The van der Waals surface area contributed by atoms with Crippen LogP contribution in [0.2, 0.25) is 0 Å². The van der Waals surface area contributed by atoms with E-state index in [-0.39, 0.29) is 6.09 Å². The number of carbonyl (C=O) groups excluding carboxylic acids is 2. The fraction of sp³-hybridized carbons (Fsp3) is 0.857. The van der Waals surface area contributed by atoms with Gasteiger partial charge in [-0.25, -0.2) is 4.79 Å². The zero-order valence-corrected chi connectivity index (χ0v) is 12.0. The van der Waals surface area contributed by atoms with Gasteiger partial charge in [-0.1, -0.05) is 13.3 Å². The van der Waals surface area contributed by atoms with Crippen molar-refractivity contribution < 1.29 is 14.3 Å². The van der Waals surface area contributed by atoms with Crippen molar-refractivity contribution >= 4 is 11.9 Å². The van der Waals surface area contributed by atoms with Gasteiger partial charge in [-0.15, -0.1) is 0 Å². The molecule has 1 rings (SSSR count). The summed E-state index contributed by atoms with van der Waals surface area (Å²) in [6.07, 6.45) is 3.06. The third-order valence-electron chi connectivity index (χ3n) is 2.93. The Hall–Kier alpha value is -1.06. The van der Waals surface area contributed by atoms with Crippen LogP contribution in [-0.2, 0) is 9.53 Å². The lowest BCUT2D eigenvalue weighted by Gasteiger charge is -2.39. The molecular weight excluding hydrogens is 230 g/mol. The number of carbonyl (C=O) groups is 2. The third-order valence-corrected chi connectivity index (χ3v) is 2.93. The average molecular weight is 255 g/mol. The number of unbranched alkanes of at least 4 members (excludes halogenated alkanes) is 1. The number of nitrogens with zero attached hydrogens (tertiary/aromatic N) is 1. The molecule has 4 nitrogen and oxygen atoms in total. The normalized spacial score (nSPS) is 16.3. The maximum atomic E-state index is 11.7. The Morgan fingerprint density at radius 3 is 2.39 bits per heavy atom. The smallest absolute Gasteiger partial charge is 0.410 e. The highest BCUT2D eigenvalue weighted by Crippen LogP contribution is 2.22. The predicted molar refractivity (Wildman–Crippen MR) is 70.4 cm³/mol. The summed E-state index contributed by atoms with van der Waals surface area (Å²) >= 11 is 0. The van der Waals surface area contributed by atoms with Crippen LogP contribution in [0.3, 0.4) is 0 Å². The summed E-state index contributed by atoms with van der Waals surface area (Å²) in [4.78, 5) is 24.9. The Balaban J connectivity index is 2.19. The largest absolute Gasteiger partial charge is 0.444 e. The Labute approximate surface area is 110 Å². The highest BCUT2D eigenvalue weighted by molar-refractivity contribution is 5.79. The van der Waals surface area contributed by atoms with E-state index in [0.29, 0.717) is 37.6 Å². The van der Waals surface area contributed by atoms with Crippen LogP contribution in [-0.4, -0.2) is 35.5 Å². The first-order valence-corrected chi connectivity index (χ1v) is 6.81. The molecule has 4 heteroatoms. The van der Waals surface area contributed by atoms with Gasteiger partial charge in [-0.05, 0) is 27.2 Å². The summed E-state index contributed by atoms with van der Waals surface area (Å²) in [6, 6.07) is 0. The summed E-state index contributed by atoms with van der Waals surface area (Å²) in [5.41, 5.74) is -0.445. The van der Waals surface area contributed by atoms with Crippen LogP contribution >= 0.6 is 0 Å². The second kappa shape index (κ2) is 6.21. The minimum Gasteiger partial charge on any atom is -0.444 e. The quantitative estimate of drug-likeness (QED) is 0.758. The lowest BCUT2D eigenvalue weighted by Crippen LogP contribution is -2.52. The van der Waals surface area contributed by atoms with Crippen molar-refractivity contribution in [2.24, 2.45) is 5.92 Å². The number of likely N-dealkylation sites (tertiary alicyclic amines) is 1. The molecule has 0 atom stereocenters. The maximum absolute atomic E-state index is 11.7. The van der Waals surface area contributed by atoms with Gasteiger partial charge in [0.25, 0.3) is 0 Å². The van der Waals surface area contributed by atoms with Gasteiger partial charge < -0.3 is 9.64 Å². The number of Topliss-reactive ketones (excluding diaryl/α,β-unsaturated/α-hetero) is 1. The predicted octanol–water partition coefficient (Wildman–Crippen LogP) is 3.00. The zero-order valence-electron chi connectivity index (χ0n) is 12.0. The molecule has 0 spiro atoms. The van der Waals surface area contributed by atoms with E-state index in [2.05, 4.69) is 6.92 Å². The lowest BCUT2D eigenvalue weighted by atomic mass is 9.93. The van der Waals surface area contributed by atoms with Crippen LogP contribution in [0, 0.1) is 5.92 Å². The first kappa shape index (κ1) is 15.0. The summed E-state index contributed by atoms with van der Waals surface area (Å²) in [7, 11) is 0. The molecule has 0 radical (unpaired) electrons. The molecule has 0 unspecified atom stereocenters. The molecule has 18 heavy (non-hydrogen) atoms. The fourth-order valence-electron chi connectivity index (χ4n) is 1.97. The monoisotopic (exact) mass is 255 g/mol. The van der Waals surface area contributed by atoms with Crippen molar-refractivity contribution in [3.63, 3.8) is 0 Å². The minimum atomic E-state index is -0.445. The van der Waals surface area contributed by atoms with E-state index in [1.54, 1.807) is 4.90 Å². The van der Waals surface area contributed by atoms with Crippen LogP contribution < -0.4 is 0 Å². The molecule has 0 N–H and O–H groups in total. The molecule has 1 fully saturated rings. The van der Waals surface area contributed by atoms with E-state index in [1.807, 2.05) is 20.8 Å².